The van der Waals surface area contributed by atoms with Crippen LogP contribution in [-0.2, 0) is 0 Å². The summed E-state index contributed by atoms with van der Waals surface area (Å²) >= 11 is 6.06. The summed E-state index contributed by atoms with van der Waals surface area (Å²) in [5.41, 5.74) is 1.47. The fourth-order valence-electron chi connectivity index (χ4n) is 2.55. The van der Waals surface area contributed by atoms with Crippen LogP contribution in [0, 0.1) is 0 Å². The summed E-state index contributed by atoms with van der Waals surface area (Å²) in [5, 5.41) is 12.0. The van der Waals surface area contributed by atoms with E-state index in [9.17, 15) is 0 Å². The van der Waals surface area contributed by atoms with Crippen LogP contribution in [0.1, 0.15) is 0 Å². The Kier molecular flexibility index (Phi) is 3.91. The monoisotopic (exact) mass is 351 g/mol. The van der Waals surface area contributed by atoms with Gasteiger partial charge in [0.2, 0.25) is 0 Å². The lowest BCUT2D eigenvalue weighted by molar-refractivity contribution is 1.03. The lowest BCUT2D eigenvalue weighted by Crippen LogP contribution is -2.12. The maximum atomic E-state index is 6.06. The molecule has 0 fully saturated rings. The quantitative estimate of drug-likeness (QED) is 0.580. The first-order chi connectivity index (χ1) is 12.2. The number of benzene rings is 1. The number of anilines is 4. The third-order valence-electron chi connectivity index (χ3n) is 3.74. The van der Waals surface area contributed by atoms with Crippen molar-refractivity contribution in [3.63, 3.8) is 0 Å². The Bertz CT molecular complexity index is 1020. The predicted octanol–water partition coefficient (Wildman–Crippen LogP) is 3.91. The second-order valence-electron chi connectivity index (χ2n) is 5.38. The standard InChI is InChI=1S/C17H14ClN7/c1-25(13-7-2-3-8-19-13)17-14-15(20-10-21-16(14)23-24-17)22-12-6-4-5-11(18)9-12/h2-10H,1H3,(H2,20,21,22,23,24). The summed E-state index contributed by atoms with van der Waals surface area (Å²) in [6.07, 6.45) is 3.22. The van der Waals surface area contributed by atoms with Crippen LogP contribution in [-0.4, -0.2) is 32.2 Å². The van der Waals surface area contributed by atoms with Gasteiger partial charge >= 0.3 is 0 Å². The summed E-state index contributed by atoms with van der Waals surface area (Å²) < 4.78 is 0. The summed E-state index contributed by atoms with van der Waals surface area (Å²) in [7, 11) is 1.90. The minimum absolute atomic E-state index is 0.636. The number of pyridine rings is 1. The van der Waals surface area contributed by atoms with Gasteiger partial charge in [0.05, 0.1) is 0 Å². The molecule has 0 atom stereocenters. The molecule has 0 aliphatic rings. The first-order valence-electron chi connectivity index (χ1n) is 7.59. The number of hydrogen-bond donors (Lipinski definition) is 2. The van der Waals surface area contributed by atoms with Gasteiger partial charge in [-0.3, -0.25) is 5.10 Å². The first-order valence-corrected chi connectivity index (χ1v) is 7.96. The number of halogens is 1. The molecule has 4 aromatic rings. The van der Waals surface area contributed by atoms with E-state index in [0.29, 0.717) is 22.3 Å². The van der Waals surface area contributed by atoms with Gasteiger partial charge < -0.3 is 10.2 Å². The number of hydrogen-bond acceptors (Lipinski definition) is 6. The van der Waals surface area contributed by atoms with Crippen LogP contribution < -0.4 is 10.2 Å². The van der Waals surface area contributed by atoms with E-state index in [4.69, 9.17) is 11.6 Å². The topological polar surface area (TPSA) is 82.6 Å². The van der Waals surface area contributed by atoms with E-state index in [1.165, 1.54) is 6.33 Å². The van der Waals surface area contributed by atoms with Crippen LogP contribution >= 0.6 is 11.6 Å². The molecule has 2 N–H and O–H groups in total. The lowest BCUT2D eigenvalue weighted by atomic mass is 10.3. The van der Waals surface area contributed by atoms with Crippen molar-refractivity contribution in [3.05, 3.63) is 60.0 Å². The van der Waals surface area contributed by atoms with Crippen LogP contribution in [0.4, 0.5) is 23.1 Å². The number of aromatic amines is 1. The van der Waals surface area contributed by atoms with Crippen LogP contribution in [0.15, 0.2) is 55.0 Å². The maximum absolute atomic E-state index is 6.06. The minimum Gasteiger partial charge on any atom is -0.339 e. The SMILES string of the molecule is CN(c1ccccn1)c1n[nH]c2ncnc(Nc3cccc(Cl)c3)c12. The molecule has 0 aliphatic carbocycles. The van der Waals surface area contributed by atoms with Crippen molar-refractivity contribution in [1.82, 2.24) is 25.1 Å². The Hall–Kier alpha value is -3.19. The molecule has 3 heterocycles. The third-order valence-corrected chi connectivity index (χ3v) is 3.97. The molecule has 8 heteroatoms. The van der Waals surface area contributed by atoms with Crippen molar-refractivity contribution in [1.29, 1.82) is 0 Å². The highest BCUT2D eigenvalue weighted by atomic mass is 35.5. The molecule has 25 heavy (non-hydrogen) atoms. The van der Waals surface area contributed by atoms with E-state index in [1.807, 2.05) is 54.4 Å². The Morgan fingerprint density at radius 2 is 2.00 bits per heavy atom. The van der Waals surface area contributed by atoms with Crippen molar-refractivity contribution in [2.45, 2.75) is 0 Å². The Labute approximate surface area is 148 Å². The molecular weight excluding hydrogens is 338 g/mol. The van der Waals surface area contributed by atoms with Gasteiger partial charge in [0.15, 0.2) is 11.5 Å². The van der Waals surface area contributed by atoms with Gasteiger partial charge in [-0.25, -0.2) is 15.0 Å². The molecule has 0 saturated heterocycles. The van der Waals surface area contributed by atoms with Crippen molar-refractivity contribution in [2.24, 2.45) is 0 Å². The van der Waals surface area contributed by atoms with Gasteiger partial charge in [-0.05, 0) is 30.3 Å². The molecular formula is C17H14ClN7. The molecule has 124 valence electrons. The average molecular weight is 352 g/mol. The zero-order chi connectivity index (χ0) is 17.2. The van der Waals surface area contributed by atoms with E-state index in [1.54, 1.807) is 6.20 Å². The summed E-state index contributed by atoms with van der Waals surface area (Å²) in [6.45, 7) is 0. The predicted molar refractivity (Wildman–Crippen MR) is 98.7 cm³/mol. The Balaban J connectivity index is 1.79. The van der Waals surface area contributed by atoms with E-state index in [-0.39, 0.29) is 0 Å². The maximum Gasteiger partial charge on any atom is 0.169 e. The number of aromatic nitrogens is 5. The van der Waals surface area contributed by atoms with Crippen LogP contribution in [0.25, 0.3) is 11.0 Å². The highest BCUT2D eigenvalue weighted by Crippen LogP contribution is 2.32. The molecule has 0 aliphatic heterocycles. The van der Waals surface area contributed by atoms with Gasteiger partial charge in [-0.15, -0.1) is 0 Å². The van der Waals surface area contributed by atoms with Gasteiger partial charge in [0.1, 0.15) is 23.3 Å². The normalized spacial score (nSPS) is 10.8. The summed E-state index contributed by atoms with van der Waals surface area (Å²) in [6, 6.07) is 13.2. The average Bonchev–Trinajstić information content (AvgIpc) is 3.07. The molecule has 0 spiro atoms. The second-order valence-corrected chi connectivity index (χ2v) is 5.81. The van der Waals surface area contributed by atoms with E-state index in [0.717, 1.165) is 16.9 Å². The molecule has 3 aromatic heterocycles. The number of H-pyrrole nitrogens is 1. The van der Waals surface area contributed by atoms with Crippen molar-refractivity contribution >= 4 is 45.8 Å². The van der Waals surface area contributed by atoms with Gasteiger partial charge in [0, 0.05) is 24.0 Å². The molecule has 4 rings (SSSR count). The third kappa shape index (κ3) is 2.97. The van der Waals surface area contributed by atoms with E-state index in [2.05, 4.69) is 30.5 Å². The molecule has 0 bridgehead atoms. The largest absolute Gasteiger partial charge is 0.339 e. The number of rotatable bonds is 4. The van der Waals surface area contributed by atoms with Crippen LogP contribution in [0.5, 0.6) is 0 Å². The lowest BCUT2D eigenvalue weighted by Gasteiger charge is -2.16. The Morgan fingerprint density at radius 3 is 2.80 bits per heavy atom. The molecule has 0 radical (unpaired) electrons. The fourth-order valence-corrected chi connectivity index (χ4v) is 2.74. The minimum atomic E-state index is 0.636. The smallest absolute Gasteiger partial charge is 0.169 e. The number of nitrogens with one attached hydrogen (secondary N) is 2. The molecule has 1 aromatic carbocycles. The fraction of sp³-hybridized carbons (Fsp3) is 0.0588. The van der Waals surface area contributed by atoms with Gasteiger partial charge in [0.25, 0.3) is 0 Å². The van der Waals surface area contributed by atoms with E-state index >= 15 is 0 Å². The summed E-state index contributed by atoms with van der Waals surface area (Å²) in [5.74, 6) is 2.09. The molecule has 0 saturated carbocycles. The van der Waals surface area contributed by atoms with Crippen molar-refractivity contribution in [2.75, 3.05) is 17.3 Å². The van der Waals surface area contributed by atoms with Crippen LogP contribution in [0.2, 0.25) is 5.02 Å². The zero-order valence-electron chi connectivity index (χ0n) is 13.3. The van der Waals surface area contributed by atoms with Crippen molar-refractivity contribution in [3.8, 4) is 0 Å². The van der Waals surface area contributed by atoms with Crippen molar-refractivity contribution < 1.29 is 0 Å². The summed E-state index contributed by atoms with van der Waals surface area (Å²) in [4.78, 5) is 14.9. The first kappa shape index (κ1) is 15.3. The zero-order valence-corrected chi connectivity index (χ0v) is 14.1. The highest BCUT2D eigenvalue weighted by Gasteiger charge is 2.18. The molecule has 0 unspecified atom stereocenters. The van der Waals surface area contributed by atoms with Gasteiger partial charge in [-0.1, -0.05) is 23.7 Å². The second kappa shape index (κ2) is 6.37. The number of nitrogens with zero attached hydrogens (tertiary/aromatic N) is 5. The molecule has 0 amide bonds. The number of fused-ring (bicyclic) bond motifs is 1. The van der Waals surface area contributed by atoms with E-state index < -0.39 is 0 Å². The van der Waals surface area contributed by atoms with Crippen LogP contribution in [0.3, 0.4) is 0 Å². The Morgan fingerprint density at radius 1 is 1.08 bits per heavy atom. The highest BCUT2D eigenvalue weighted by molar-refractivity contribution is 6.30. The molecule has 7 nitrogen and oxygen atoms in total. The van der Waals surface area contributed by atoms with Gasteiger partial charge in [-0.2, -0.15) is 5.10 Å².